The molecule has 7 nitrogen and oxygen atoms in total. The fourth-order valence-electron chi connectivity index (χ4n) is 4.91. The molecule has 160 valence electrons. The van der Waals surface area contributed by atoms with Crippen LogP contribution in [0.2, 0.25) is 0 Å². The Morgan fingerprint density at radius 1 is 1.03 bits per heavy atom. The van der Waals surface area contributed by atoms with Gasteiger partial charge in [0.05, 0.1) is 25.4 Å². The van der Waals surface area contributed by atoms with Crippen LogP contribution in [0.3, 0.4) is 0 Å². The minimum Gasteiger partial charge on any atom is -0.497 e. The highest BCUT2D eigenvalue weighted by molar-refractivity contribution is 9.12. The number of amides is 2. The summed E-state index contributed by atoms with van der Waals surface area (Å²) < 4.78 is 10.1. The van der Waals surface area contributed by atoms with E-state index >= 15 is 0 Å². The third-order valence-electron chi connectivity index (χ3n) is 6.39. The predicted molar refractivity (Wildman–Crippen MR) is 114 cm³/mol. The second kappa shape index (κ2) is 8.42. The lowest BCUT2D eigenvalue weighted by molar-refractivity contribution is -0.145. The highest BCUT2D eigenvalue weighted by atomic mass is 79.9. The minimum absolute atomic E-state index is 0.0143. The quantitative estimate of drug-likeness (QED) is 0.228. The molecule has 1 saturated heterocycles. The van der Waals surface area contributed by atoms with Gasteiger partial charge in [0.1, 0.15) is 5.75 Å². The van der Waals surface area contributed by atoms with Crippen molar-refractivity contribution in [1.29, 1.82) is 0 Å². The maximum atomic E-state index is 12.8. The number of imide groups is 1. The zero-order valence-corrected chi connectivity index (χ0v) is 19.4. The molecule has 1 aliphatic heterocycles. The number of benzene rings is 1. The molecule has 2 aliphatic carbocycles. The predicted octanol–water partition coefficient (Wildman–Crippen LogP) is 2.59. The van der Waals surface area contributed by atoms with Gasteiger partial charge in [0.15, 0.2) is 12.4 Å². The van der Waals surface area contributed by atoms with Crippen molar-refractivity contribution in [2.24, 2.45) is 23.7 Å². The van der Waals surface area contributed by atoms with Crippen LogP contribution in [0.15, 0.2) is 24.3 Å². The number of nitrogens with zero attached hydrogens (tertiary/aromatic N) is 1. The lowest BCUT2D eigenvalue weighted by Crippen LogP contribution is -2.37. The van der Waals surface area contributed by atoms with Crippen LogP contribution >= 0.6 is 31.9 Å². The van der Waals surface area contributed by atoms with E-state index in [1.807, 2.05) is 0 Å². The summed E-state index contributed by atoms with van der Waals surface area (Å²) in [5.41, 5.74) is 0.408. The Morgan fingerprint density at radius 3 is 2.13 bits per heavy atom. The number of halogens is 2. The smallest absolute Gasteiger partial charge is 0.308 e. The Morgan fingerprint density at radius 2 is 1.60 bits per heavy atom. The molecule has 1 aromatic carbocycles. The van der Waals surface area contributed by atoms with Crippen molar-refractivity contribution in [3.8, 4) is 5.75 Å². The number of methoxy groups -OCH3 is 1. The first kappa shape index (κ1) is 21.5. The van der Waals surface area contributed by atoms with Crippen LogP contribution in [0.4, 0.5) is 0 Å². The van der Waals surface area contributed by atoms with Crippen molar-refractivity contribution < 1.29 is 28.7 Å². The maximum absolute atomic E-state index is 12.8. The van der Waals surface area contributed by atoms with E-state index in [4.69, 9.17) is 9.47 Å². The van der Waals surface area contributed by atoms with Crippen molar-refractivity contribution in [2.45, 2.75) is 22.5 Å². The standard InChI is InChI=1S/C21H21Br2NO6/c1-29-11-4-2-10(3-5-11)14(25)9-30-15(26)6-7-24-20(27)16-12-8-13(17(16)21(24)28)19(23)18(12)22/h2-5,12-13,16-19H,6-9H2,1H3/t12-,13+,16-,17+,18?,19?. The van der Waals surface area contributed by atoms with Crippen molar-refractivity contribution >= 4 is 55.4 Å². The monoisotopic (exact) mass is 541 g/mol. The topological polar surface area (TPSA) is 90.0 Å². The van der Waals surface area contributed by atoms with Gasteiger partial charge in [0.25, 0.3) is 0 Å². The number of fused-ring (bicyclic) bond motifs is 5. The first-order valence-electron chi connectivity index (χ1n) is 9.79. The van der Waals surface area contributed by atoms with Crippen LogP contribution < -0.4 is 4.74 Å². The molecule has 6 atom stereocenters. The minimum atomic E-state index is -0.616. The van der Waals surface area contributed by atoms with Gasteiger partial charge in [-0.25, -0.2) is 0 Å². The lowest BCUT2D eigenvalue weighted by atomic mass is 9.81. The van der Waals surface area contributed by atoms with Crippen LogP contribution in [0.25, 0.3) is 0 Å². The number of hydrogen-bond acceptors (Lipinski definition) is 6. The molecule has 2 saturated carbocycles. The van der Waals surface area contributed by atoms with Gasteiger partial charge in [-0.2, -0.15) is 0 Å². The number of rotatable bonds is 7. The summed E-state index contributed by atoms with van der Waals surface area (Å²) in [6.07, 6.45) is 0.736. The van der Waals surface area contributed by atoms with Crippen LogP contribution in [-0.4, -0.2) is 58.4 Å². The number of hydrogen-bond donors (Lipinski definition) is 0. The summed E-state index contributed by atoms with van der Waals surface area (Å²) in [7, 11) is 1.53. The summed E-state index contributed by atoms with van der Waals surface area (Å²) in [4.78, 5) is 51.4. The molecular formula is C21H21Br2NO6. The van der Waals surface area contributed by atoms with Crippen LogP contribution in [0.5, 0.6) is 5.75 Å². The first-order valence-corrected chi connectivity index (χ1v) is 11.6. The molecule has 0 aromatic heterocycles. The number of alkyl halides is 2. The van der Waals surface area contributed by atoms with Gasteiger partial charge in [-0.1, -0.05) is 31.9 Å². The van der Waals surface area contributed by atoms with Crippen molar-refractivity contribution in [1.82, 2.24) is 4.90 Å². The third-order valence-corrected chi connectivity index (χ3v) is 9.60. The number of ketones is 1. The van der Waals surface area contributed by atoms with E-state index in [9.17, 15) is 19.2 Å². The third kappa shape index (κ3) is 3.60. The van der Waals surface area contributed by atoms with E-state index < -0.39 is 5.97 Å². The zero-order chi connectivity index (χ0) is 21.6. The molecule has 2 bridgehead atoms. The summed E-state index contributed by atoms with van der Waals surface area (Å²) in [6.45, 7) is -0.404. The van der Waals surface area contributed by atoms with E-state index in [1.54, 1.807) is 24.3 Å². The normalized spacial score (nSPS) is 31.8. The lowest BCUT2D eigenvalue weighted by Gasteiger charge is -2.28. The van der Waals surface area contributed by atoms with Gasteiger partial charge in [0, 0.05) is 21.8 Å². The van der Waals surface area contributed by atoms with Gasteiger partial charge in [0.2, 0.25) is 11.8 Å². The van der Waals surface area contributed by atoms with Crippen LogP contribution in [0, 0.1) is 23.7 Å². The molecule has 1 heterocycles. The maximum Gasteiger partial charge on any atom is 0.308 e. The summed E-state index contributed by atoms with van der Waals surface area (Å²) in [5.74, 6) is -1.03. The number of carbonyl (C=O) groups is 4. The first-order chi connectivity index (χ1) is 14.3. The Bertz CT molecular complexity index is 856. The van der Waals surface area contributed by atoms with Gasteiger partial charge in [-0.15, -0.1) is 0 Å². The molecule has 3 aliphatic rings. The van der Waals surface area contributed by atoms with E-state index in [0.717, 1.165) is 6.42 Å². The molecule has 2 amide bonds. The van der Waals surface area contributed by atoms with E-state index in [-0.39, 0.29) is 70.5 Å². The zero-order valence-electron chi connectivity index (χ0n) is 16.3. The Kier molecular flexibility index (Phi) is 6.03. The number of carbonyl (C=O) groups excluding carboxylic acids is 4. The average molecular weight is 543 g/mol. The second-order valence-electron chi connectivity index (χ2n) is 7.89. The average Bonchev–Trinajstić information content (AvgIpc) is 3.35. The molecule has 0 spiro atoms. The SMILES string of the molecule is COc1ccc(C(=O)COC(=O)CCN2C(=O)[C@@H]3[C@H](C2=O)[C@H]2C[C@@H]3C(Br)C2Br)cc1. The number of esters is 1. The molecule has 2 unspecified atom stereocenters. The van der Waals surface area contributed by atoms with Crippen LogP contribution in [-0.2, 0) is 19.1 Å². The van der Waals surface area contributed by atoms with Gasteiger partial charge in [-0.05, 0) is 42.5 Å². The molecule has 30 heavy (non-hydrogen) atoms. The van der Waals surface area contributed by atoms with Gasteiger partial charge in [-0.3, -0.25) is 24.1 Å². The number of Topliss-reactive ketones (excluding diaryl/α,β-unsaturated/α-hetero) is 1. The molecule has 9 heteroatoms. The van der Waals surface area contributed by atoms with Gasteiger partial charge >= 0.3 is 5.97 Å². The van der Waals surface area contributed by atoms with E-state index in [0.29, 0.717) is 11.3 Å². The highest BCUT2D eigenvalue weighted by Crippen LogP contribution is 2.60. The summed E-state index contributed by atoms with van der Waals surface area (Å²) >= 11 is 7.29. The number of likely N-dealkylation sites (tertiary alicyclic amines) is 1. The Labute approximate surface area is 190 Å². The van der Waals surface area contributed by atoms with Crippen molar-refractivity contribution in [3.05, 3.63) is 29.8 Å². The summed E-state index contributed by atoms with van der Waals surface area (Å²) in [6, 6.07) is 6.49. The van der Waals surface area contributed by atoms with E-state index in [1.165, 1.54) is 12.0 Å². The second-order valence-corrected chi connectivity index (χ2v) is 10.0. The van der Waals surface area contributed by atoms with Crippen molar-refractivity contribution in [2.75, 3.05) is 20.3 Å². The summed E-state index contributed by atoms with van der Waals surface area (Å²) in [5, 5.41) is 0. The fourth-order valence-corrected chi connectivity index (χ4v) is 6.79. The molecule has 0 N–H and O–H groups in total. The molecule has 0 radical (unpaired) electrons. The highest BCUT2D eigenvalue weighted by Gasteiger charge is 2.66. The van der Waals surface area contributed by atoms with E-state index in [2.05, 4.69) is 31.9 Å². The molecule has 3 fully saturated rings. The Balaban J connectivity index is 1.28. The molecule has 4 rings (SSSR count). The molecule has 1 aromatic rings. The largest absolute Gasteiger partial charge is 0.497 e. The van der Waals surface area contributed by atoms with Gasteiger partial charge < -0.3 is 9.47 Å². The van der Waals surface area contributed by atoms with Crippen molar-refractivity contribution in [3.63, 3.8) is 0 Å². The van der Waals surface area contributed by atoms with Crippen LogP contribution in [0.1, 0.15) is 23.2 Å². The number of ether oxygens (including phenoxy) is 2. The molecular weight excluding hydrogens is 522 g/mol. The Hall–Kier alpha value is -1.74. The fraction of sp³-hybridized carbons (Fsp3) is 0.524.